The van der Waals surface area contributed by atoms with Crippen LogP contribution in [0.25, 0.3) is 0 Å². The maximum atomic E-state index is 13.7. The van der Waals surface area contributed by atoms with Crippen LogP contribution in [0.5, 0.6) is 0 Å². The molecule has 0 radical (unpaired) electrons. The van der Waals surface area contributed by atoms with E-state index in [1.807, 2.05) is 61.2 Å². The summed E-state index contributed by atoms with van der Waals surface area (Å²) in [7, 11) is 0. The molecule has 3 atom stereocenters. The molecule has 48 heavy (non-hydrogen) atoms. The summed E-state index contributed by atoms with van der Waals surface area (Å²) in [6.45, 7) is 6.72. The zero-order valence-corrected chi connectivity index (χ0v) is 28.4. The first-order valence-electron chi connectivity index (χ1n) is 17.3. The number of hydrogen-bond donors (Lipinski definition) is 5. The highest BCUT2D eigenvalue weighted by molar-refractivity contribution is 5.99. The van der Waals surface area contributed by atoms with Gasteiger partial charge >= 0.3 is 0 Å². The molecule has 11 heteroatoms. The summed E-state index contributed by atoms with van der Waals surface area (Å²) in [5.74, 6) is -1.79. The van der Waals surface area contributed by atoms with E-state index >= 15 is 0 Å². The van der Waals surface area contributed by atoms with Gasteiger partial charge in [0.15, 0.2) is 0 Å². The standard InChI is InChI=1S/C37H51N5O6/c1-24(2)21-31-35(46)39-25(3)33(44)38-19-7-8-20-42(37(48)29-15-17-30(43)18-16-29)23-27-11-13-28(14-12-27)34(45)40-32(36(47)41-31)22-26-9-5-4-6-10-26/h4-6,9-14,24-25,29-32,43H,7-8,15-23H2,1-3H3,(H,38,44)(H,39,46)(H,40,45)(H,41,47)/t25-,29?,30?,31+,32-/m1/s1. The van der Waals surface area contributed by atoms with E-state index in [2.05, 4.69) is 21.3 Å². The van der Waals surface area contributed by atoms with Crippen LogP contribution in [0.15, 0.2) is 54.6 Å². The largest absolute Gasteiger partial charge is 0.393 e. The highest BCUT2D eigenvalue weighted by Crippen LogP contribution is 2.27. The monoisotopic (exact) mass is 661 g/mol. The van der Waals surface area contributed by atoms with Crippen LogP contribution in [-0.2, 0) is 32.1 Å². The van der Waals surface area contributed by atoms with Crippen molar-refractivity contribution in [2.75, 3.05) is 13.1 Å². The predicted molar refractivity (Wildman–Crippen MR) is 182 cm³/mol. The van der Waals surface area contributed by atoms with E-state index in [1.165, 1.54) is 0 Å². The van der Waals surface area contributed by atoms with Crippen LogP contribution in [-0.4, -0.2) is 76.9 Å². The lowest BCUT2D eigenvalue weighted by atomic mass is 9.86. The van der Waals surface area contributed by atoms with Crippen molar-refractivity contribution in [2.24, 2.45) is 11.8 Å². The number of rotatable bonds is 5. The Morgan fingerprint density at radius 3 is 2.17 bits per heavy atom. The van der Waals surface area contributed by atoms with Crippen LogP contribution >= 0.6 is 0 Å². The van der Waals surface area contributed by atoms with E-state index in [0.717, 1.165) is 11.1 Å². The summed E-state index contributed by atoms with van der Waals surface area (Å²) in [6, 6.07) is 13.6. The number of carbonyl (C=O) groups is 5. The molecule has 2 bridgehead atoms. The molecule has 5 rings (SSSR count). The zero-order valence-electron chi connectivity index (χ0n) is 28.4. The second-order valence-corrected chi connectivity index (χ2v) is 13.6. The third kappa shape index (κ3) is 10.9. The van der Waals surface area contributed by atoms with Crippen molar-refractivity contribution in [2.45, 2.75) is 103 Å². The number of nitrogens with zero attached hydrogens (tertiary/aromatic N) is 1. The second kappa shape index (κ2) is 17.8. The molecule has 0 spiro atoms. The summed E-state index contributed by atoms with van der Waals surface area (Å²) >= 11 is 0. The Bertz CT molecular complexity index is 1390. The van der Waals surface area contributed by atoms with Crippen LogP contribution in [0.1, 0.15) is 87.2 Å². The van der Waals surface area contributed by atoms with Gasteiger partial charge in [0.05, 0.1) is 6.10 Å². The Balaban J connectivity index is 1.59. The van der Waals surface area contributed by atoms with E-state index < -0.39 is 35.8 Å². The maximum absolute atomic E-state index is 13.7. The van der Waals surface area contributed by atoms with Gasteiger partial charge in [-0.15, -0.1) is 0 Å². The number of nitrogens with one attached hydrogen (secondary N) is 4. The Labute approximate surface area is 283 Å². The number of hydrogen-bond acceptors (Lipinski definition) is 6. The van der Waals surface area contributed by atoms with E-state index in [1.54, 1.807) is 19.1 Å². The van der Waals surface area contributed by atoms with E-state index in [4.69, 9.17) is 0 Å². The van der Waals surface area contributed by atoms with E-state index in [9.17, 15) is 29.1 Å². The molecule has 2 aromatic carbocycles. The summed E-state index contributed by atoms with van der Waals surface area (Å²) in [5, 5.41) is 21.3. The first-order chi connectivity index (χ1) is 23.0. The highest BCUT2D eigenvalue weighted by Gasteiger charge is 2.31. The Morgan fingerprint density at radius 1 is 0.833 bits per heavy atom. The maximum Gasteiger partial charge on any atom is 0.251 e. The molecule has 5 amide bonds. The topological polar surface area (TPSA) is 157 Å². The average molecular weight is 662 g/mol. The smallest absolute Gasteiger partial charge is 0.251 e. The first-order valence-corrected chi connectivity index (χ1v) is 17.3. The van der Waals surface area contributed by atoms with Crippen molar-refractivity contribution in [3.05, 3.63) is 71.3 Å². The molecular formula is C37H51N5O6. The van der Waals surface area contributed by atoms with Crippen LogP contribution in [0.2, 0.25) is 0 Å². The fourth-order valence-corrected chi connectivity index (χ4v) is 6.28. The molecule has 0 aromatic heterocycles. The zero-order chi connectivity index (χ0) is 34.6. The summed E-state index contributed by atoms with van der Waals surface area (Å²) in [4.78, 5) is 68.9. The molecule has 11 nitrogen and oxygen atoms in total. The quantitative estimate of drug-likeness (QED) is 0.310. The fourth-order valence-electron chi connectivity index (χ4n) is 6.28. The van der Waals surface area contributed by atoms with Gasteiger partial charge in [-0.2, -0.15) is 0 Å². The van der Waals surface area contributed by atoms with Crippen LogP contribution in [0.3, 0.4) is 0 Å². The summed E-state index contributed by atoms with van der Waals surface area (Å²) in [6.07, 6.45) is 3.99. The Kier molecular flexibility index (Phi) is 13.5. The molecule has 3 aliphatic rings. The van der Waals surface area contributed by atoms with Gasteiger partial charge in [0.25, 0.3) is 5.91 Å². The van der Waals surface area contributed by atoms with Crippen LogP contribution < -0.4 is 21.3 Å². The van der Waals surface area contributed by atoms with Gasteiger partial charge in [-0.3, -0.25) is 24.0 Å². The lowest BCUT2D eigenvalue weighted by Gasteiger charge is -2.31. The van der Waals surface area contributed by atoms with Crippen molar-refractivity contribution in [3.8, 4) is 0 Å². The van der Waals surface area contributed by atoms with E-state index in [-0.39, 0.29) is 36.2 Å². The number of benzene rings is 2. The van der Waals surface area contributed by atoms with Gasteiger partial charge in [-0.05, 0) is 81.0 Å². The molecule has 260 valence electrons. The predicted octanol–water partition coefficient (Wildman–Crippen LogP) is 2.85. The first kappa shape index (κ1) is 36.6. The van der Waals surface area contributed by atoms with Crippen molar-refractivity contribution in [1.29, 1.82) is 0 Å². The molecule has 0 saturated heterocycles. The van der Waals surface area contributed by atoms with Gasteiger partial charge in [0.1, 0.15) is 18.1 Å². The molecule has 5 N–H and O–H groups in total. The molecule has 1 fully saturated rings. The average Bonchev–Trinajstić information content (AvgIpc) is 3.07. The third-order valence-corrected chi connectivity index (χ3v) is 9.10. The summed E-state index contributed by atoms with van der Waals surface area (Å²) < 4.78 is 0. The Hall–Kier alpha value is -4.25. The lowest BCUT2D eigenvalue weighted by molar-refractivity contribution is -0.138. The molecule has 2 heterocycles. The van der Waals surface area contributed by atoms with Crippen molar-refractivity contribution >= 4 is 29.5 Å². The van der Waals surface area contributed by atoms with Crippen molar-refractivity contribution < 1.29 is 29.1 Å². The van der Waals surface area contributed by atoms with Crippen molar-refractivity contribution in [3.63, 3.8) is 0 Å². The summed E-state index contributed by atoms with van der Waals surface area (Å²) in [5.41, 5.74) is 2.07. The van der Waals surface area contributed by atoms with Crippen molar-refractivity contribution in [1.82, 2.24) is 26.2 Å². The second-order valence-electron chi connectivity index (χ2n) is 13.6. The fraction of sp³-hybridized carbons (Fsp3) is 0.541. The number of carbonyl (C=O) groups excluding carboxylic acids is 5. The number of amides is 5. The van der Waals surface area contributed by atoms with Gasteiger partial charge in [-0.1, -0.05) is 56.3 Å². The van der Waals surface area contributed by atoms with Gasteiger partial charge in [0, 0.05) is 37.5 Å². The number of fused-ring (bicyclic) bond motifs is 18. The van der Waals surface area contributed by atoms with Gasteiger partial charge in [-0.25, -0.2) is 0 Å². The normalized spacial score (nSPS) is 25.4. The van der Waals surface area contributed by atoms with Gasteiger partial charge in [0.2, 0.25) is 23.6 Å². The SMILES string of the molecule is CC(C)C[C@@H]1NC(=O)[C@@H](Cc2ccccc2)NC(=O)c2ccc(cc2)CN(C(=O)C2CCC(O)CC2)CCCCNC(=O)[C@@H](C)NC1=O. The molecule has 1 saturated carbocycles. The molecule has 2 aromatic rings. The molecule has 2 aliphatic heterocycles. The Morgan fingerprint density at radius 2 is 1.50 bits per heavy atom. The van der Waals surface area contributed by atoms with Gasteiger partial charge < -0.3 is 31.3 Å². The number of aliphatic hydroxyl groups is 1. The molecule has 0 unspecified atom stereocenters. The van der Waals surface area contributed by atoms with Crippen LogP contribution in [0, 0.1) is 11.8 Å². The third-order valence-electron chi connectivity index (χ3n) is 9.10. The highest BCUT2D eigenvalue weighted by atomic mass is 16.3. The minimum atomic E-state index is -0.973. The molecule has 1 aliphatic carbocycles. The minimum absolute atomic E-state index is 0.0493. The van der Waals surface area contributed by atoms with Crippen LogP contribution in [0.4, 0.5) is 0 Å². The lowest BCUT2D eigenvalue weighted by Crippen LogP contribution is -2.57. The molecular weight excluding hydrogens is 610 g/mol. The number of aliphatic hydroxyl groups excluding tert-OH is 1. The van der Waals surface area contributed by atoms with E-state index in [0.29, 0.717) is 70.1 Å². The minimum Gasteiger partial charge on any atom is -0.393 e.